The van der Waals surface area contributed by atoms with Crippen LogP contribution in [0.1, 0.15) is 39.5 Å². The van der Waals surface area contributed by atoms with Gasteiger partial charge in [0.15, 0.2) is 5.82 Å². The van der Waals surface area contributed by atoms with E-state index in [1.54, 1.807) is 0 Å². The number of aromatic nitrogens is 2. The third-order valence-electron chi connectivity index (χ3n) is 3.61. The average molecular weight is 314 g/mol. The predicted molar refractivity (Wildman–Crippen MR) is 77.2 cm³/mol. The number of rotatable bonds is 3. The molecule has 0 radical (unpaired) electrons. The largest absolute Gasteiger partial charge is 0.366 e. The molecule has 18 heavy (non-hydrogen) atoms. The molecule has 1 heterocycles. The van der Waals surface area contributed by atoms with Crippen molar-refractivity contribution in [3.8, 4) is 0 Å². The lowest BCUT2D eigenvalue weighted by molar-refractivity contribution is 0.232. The number of nitrogens with one attached hydrogen (secondary N) is 2. The lowest BCUT2D eigenvalue weighted by Gasteiger charge is -2.34. The van der Waals surface area contributed by atoms with Gasteiger partial charge in [-0.1, -0.05) is 13.8 Å². The Morgan fingerprint density at radius 2 is 1.89 bits per heavy atom. The minimum atomic E-state index is 0.477. The van der Waals surface area contributed by atoms with Crippen molar-refractivity contribution in [2.75, 3.05) is 10.7 Å². The molecule has 4 N–H and O–H groups in total. The maximum atomic E-state index is 5.39. The standard InChI is InChI=1S/C12H20BrN5/c1-12(2)5-3-8(4-6-12)17-10-9(13)11(18-14)16-7-15-10/h7-8H,3-6,14H2,1-2H3,(H2,15,16,17,18). The number of halogens is 1. The molecular weight excluding hydrogens is 294 g/mol. The van der Waals surface area contributed by atoms with Crippen LogP contribution >= 0.6 is 15.9 Å². The van der Waals surface area contributed by atoms with Crippen LogP contribution in [0, 0.1) is 5.41 Å². The second-order valence-electron chi connectivity index (χ2n) is 5.61. The summed E-state index contributed by atoms with van der Waals surface area (Å²) in [4.78, 5) is 8.29. The van der Waals surface area contributed by atoms with Crippen molar-refractivity contribution in [1.82, 2.24) is 9.97 Å². The topological polar surface area (TPSA) is 75.9 Å². The zero-order valence-corrected chi connectivity index (χ0v) is 12.4. The summed E-state index contributed by atoms with van der Waals surface area (Å²) in [5.74, 6) is 6.80. The molecule has 1 aromatic heterocycles. The molecule has 0 aromatic carbocycles. The van der Waals surface area contributed by atoms with Gasteiger partial charge in [-0.25, -0.2) is 15.8 Å². The van der Waals surface area contributed by atoms with Crippen LogP contribution in [0.4, 0.5) is 11.6 Å². The van der Waals surface area contributed by atoms with Gasteiger partial charge in [0.25, 0.3) is 0 Å². The summed E-state index contributed by atoms with van der Waals surface area (Å²) in [5, 5.41) is 3.47. The van der Waals surface area contributed by atoms with Gasteiger partial charge in [-0.3, -0.25) is 0 Å². The molecule has 1 fully saturated rings. The molecule has 0 amide bonds. The highest BCUT2D eigenvalue weighted by molar-refractivity contribution is 9.10. The van der Waals surface area contributed by atoms with E-state index in [4.69, 9.17) is 5.84 Å². The fourth-order valence-corrected chi connectivity index (χ4v) is 2.74. The van der Waals surface area contributed by atoms with Crippen LogP contribution in [-0.4, -0.2) is 16.0 Å². The fraction of sp³-hybridized carbons (Fsp3) is 0.667. The summed E-state index contributed by atoms with van der Waals surface area (Å²) < 4.78 is 0.789. The molecule has 1 aromatic rings. The fourth-order valence-electron chi connectivity index (χ4n) is 2.31. The van der Waals surface area contributed by atoms with Gasteiger partial charge in [0.1, 0.15) is 16.6 Å². The summed E-state index contributed by atoms with van der Waals surface area (Å²) in [6.45, 7) is 4.67. The summed E-state index contributed by atoms with van der Waals surface area (Å²) in [7, 11) is 0. The summed E-state index contributed by atoms with van der Waals surface area (Å²) >= 11 is 3.46. The van der Waals surface area contributed by atoms with E-state index < -0.39 is 0 Å². The highest BCUT2D eigenvalue weighted by Crippen LogP contribution is 2.37. The number of nitrogens with zero attached hydrogens (tertiary/aromatic N) is 2. The van der Waals surface area contributed by atoms with Crippen molar-refractivity contribution >= 4 is 27.6 Å². The van der Waals surface area contributed by atoms with E-state index in [1.165, 1.54) is 32.0 Å². The molecule has 5 nitrogen and oxygen atoms in total. The van der Waals surface area contributed by atoms with E-state index in [2.05, 4.69) is 50.5 Å². The van der Waals surface area contributed by atoms with Crippen LogP contribution in [0.5, 0.6) is 0 Å². The number of hydrogen-bond acceptors (Lipinski definition) is 5. The zero-order chi connectivity index (χ0) is 13.2. The second kappa shape index (κ2) is 5.40. The van der Waals surface area contributed by atoms with Crippen LogP contribution < -0.4 is 16.6 Å². The van der Waals surface area contributed by atoms with Crippen molar-refractivity contribution in [2.45, 2.75) is 45.6 Å². The number of hydrazine groups is 1. The first kappa shape index (κ1) is 13.5. The predicted octanol–water partition coefficient (Wildman–Crippen LogP) is 2.91. The van der Waals surface area contributed by atoms with Gasteiger partial charge < -0.3 is 10.7 Å². The Morgan fingerprint density at radius 1 is 1.28 bits per heavy atom. The third kappa shape index (κ3) is 3.11. The number of nitrogen functional groups attached to an aromatic ring is 1. The van der Waals surface area contributed by atoms with Crippen LogP contribution in [0.25, 0.3) is 0 Å². The molecule has 1 saturated carbocycles. The SMILES string of the molecule is CC1(C)CCC(Nc2ncnc(NN)c2Br)CC1. The van der Waals surface area contributed by atoms with E-state index in [9.17, 15) is 0 Å². The summed E-state index contributed by atoms with van der Waals surface area (Å²) in [6.07, 6.45) is 6.35. The van der Waals surface area contributed by atoms with Crippen LogP contribution in [0.3, 0.4) is 0 Å². The van der Waals surface area contributed by atoms with Crippen LogP contribution in [-0.2, 0) is 0 Å². The maximum Gasteiger partial charge on any atom is 0.159 e. The van der Waals surface area contributed by atoms with Gasteiger partial charge in [0, 0.05) is 6.04 Å². The Hall–Kier alpha value is -0.880. The van der Waals surface area contributed by atoms with Crippen molar-refractivity contribution in [1.29, 1.82) is 0 Å². The quantitative estimate of drug-likeness (QED) is 0.591. The number of hydrogen-bond donors (Lipinski definition) is 3. The van der Waals surface area contributed by atoms with Crippen molar-refractivity contribution < 1.29 is 0 Å². The first-order valence-corrected chi connectivity index (χ1v) is 7.05. The van der Waals surface area contributed by atoms with Gasteiger partial charge in [0.05, 0.1) is 0 Å². The zero-order valence-electron chi connectivity index (χ0n) is 10.8. The monoisotopic (exact) mass is 313 g/mol. The number of nitrogens with two attached hydrogens (primary N) is 1. The molecule has 0 spiro atoms. The Labute approximate surface area is 116 Å². The van der Waals surface area contributed by atoms with Gasteiger partial charge in [-0.15, -0.1) is 0 Å². The summed E-state index contributed by atoms with van der Waals surface area (Å²) in [6, 6.07) is 0.481. The highest BCUT2D eigenvalue weighted by atomic mass is 79.9. The smallest absolute Gasteiger partial charge is 0.159 e. The molecular formula is C12H20BrN5. The molecule has 0 saturated heterocycles. The van der Waals surface area contributed by atoms with Crippen LogP contribution in [0.15, 0.2) is 10.8 Å². The van der Waals surface area contributed by atoms with Gasteiger partial charge >= 0.3 is 0 Å². The molecule has 6 heteroatoms. The van der Waals surface area contributed by atoms with E-state index in [-0.39, 0.29) is 0 Å². The van der Waals surface area contributed by atoms with E-state index >= 15 is 0 Å². The maximum absolute atomic E-state index is 5.39. The van der Waals surface area contributed by atoms with Gasteiger partial charge in [-0.2, -0.15) is 0 Å². The van der Waals surface area contributed by atoms with E-state index in [0.29, 0.717) is 17.3 Å². The molecule has 0 aliphatic heterocycles. The van der Waals surface area contributed by atoms with Crippen LogP contribution in [0.2, 0.25) is 0 Å². The minimum absolute atomic E-state index is 0.477. The Morgan fingerprint density at radius 3 is 2.50 bits per heavy atom. The Bertz CT molecular complexity index is 411. The normalized spacial score (nSPS) is 19.6. The molecule has 0 atom stereocenters. The average Bonchev–Trinajstić information content (AvgIpc) is 2.34. The van der Waals surface area contributed by atoms with Gasteiger partial charge in [-0.05, 0) is 47.0 Å². The Kier molecular flexibility index (Phi) is 4.07. The molecule has 2 rings (SSSR count). The molecule has 0 bridgehead atoms. The molecule has 100 valence electrons. The molecule has 1 aliphatic rings. The molecule has 0 unspecified atom stereocenters. The van der Waals surface area contributed by atoms with E-state index in [1.807, 2.05) is 0 Å². The van der Waals surface area contributed by atoms with Crippen molar-refractivity contribution in [2.24, 2.45) is 11.3 Å². The highest BCUT2D eigenvalue weighted by Gasteiger charge is 2.27. The molecule has 1 aliphatic carbocycles. The van der Waals surface area contributed by atoms with Crippen molar-refractivity contribution in [3.63, 3.8) is 0 Å². The van der Waals surface area contributed by atoms with Crippen molar-refractivity contribution in [3.05, 3.63) is 10.8 Å². The lowest BCUT2D eigenvalue weighted by Crippen LogP contribution is -2.30. The third-order valence-corrected chi connectivity index (χ3v) is 4.36. The first-order valence-electron chi connectivity index (χ1n) is 6.25. The lowest BCUT2D eigenvalue weighted by atomic mass is 9.75. The van der Waals surface area contributed by atoms with Gasteiger partial charge in [0.2, 0.25) is 0 Å². The summed E-state index contributed by atoms with van der Waals surface area (Å²) in [5.41, 5.74) is 3.03. The second-order valence-corrected chi connectivity index (χ2v) is 6.41. The number of anilines is 2. The Balaban J connectivity index is 2.02. The van der Waals surface area contributed by atoms with E-state index in [0.717, 1.165) is 10.3 Å². The first-order chi connectivity index (χ1) is 8.52. The minimum Gasteiger partial charge on any atom is -0.366 e.